The number of aliphatic hydroxyl groups excluding tert-OH is 1. The second kappa shape index (κ2) is 9.49. The SMILES string of the molecule is C.CC12CCCCC1CCC1C2CCC2(C)C(CCCC(=O)O)CCC12.CO. The van der Waals surface area contributed by atoms with Crippen LogP contribution in [0.1, 0.15) is 105 Å². The molecule has 164 valence electrons. The number of aliphatic hydroxyl groups is 1. The van der Waals surface area contributed by atoms with Crippen molar-refractivity contribution in [3.63, 3.8) is 0 Å². The van der Waals surface area contributed by atoms with Gasteiger partial charge in [-0.1, -0.05) is 34.1 Å². The Bertz CT molecular complexity index is 518. The molecule has 0 aromatic heterocycles. The van der Waals surface area contributed by atoms with Crippen molar-refractivity contribution in [2.45, 2.75) is 105 Å². The minimum atomic E-state index is -0.619. The van der Waals surface area contributed by atoms with Crippen molar-refractivity contribution >= 4 is 5.97 Å². The van der Waals surface area contributed by atoms with Gasteiger partial charge < -0.3 is 10.2 Å². The Balaban J connectivity index is 0.000000906. The van der Waals surface area contributed by atoms with Gasteiger partial charge in [0.15, 0.2) is 0 Å². The first-order valence-corrected chi connectivity index (χ1v) is 11.6. The maximum atomic E-state index is 10.9. The highest BCUT2D eigenvalue weighted by Gasteiger charge is 2.59. The van der Waals surface area contributed by atoms with E-state index in [1.54, 1.807) is 0 Å². The molecule has 0 radical (unpaired) electrons. The summed E-state index contributed by atoms with van der Waals surface area (Å²) in [5, 5.41) is 16.0. The molecule has 3 nitrogen and oxygen atoms in total. The average molecular weight is 395 g/mol. The molecule has 2 N–H and O–H groups in total. The molecule has 4 fully saturated rings. The number of hydrogen-bond donors (Lipinski definition) is 2. The summed E-state index contributed by atoms with van der Waals surface area (Å²) in [6.45, 7) is 5.25. The van der Waals surface area contributed by atoms with Crippen molar-refractivity contribution in [2.75, 3.05) is 7.11 Å². The molecular weight excluding hydrogens is 348 g/mol. The van der Waals surface area contributed by atoms with Crippen LogP contribution in [0.4, 0.5) is 0 Å². The topological polar surface area (TPSA) is 57.5 Å². The quantitative estimate of drug-likeness (QED) is 0.569. The number of carboxylic acids is 1. The maximum Gasteiger partial charge on any atom is 0.303 e. The normalized spacial score (nSPS) is 44.1. The highest BCUT2D eigenvalue weighted by atomic mass is 16.4. The Kier molecular flexibility index (Phi) is 8.04. The third kappa shape index (κ3) is 4.02. The van der Waals surface area contributed by atoms with E-state index in [-0.39, 0.29) is 7.43 Å². The highest BCUT2D eigenvalue weighted by Crippen LogP contribution is 2.67. The number of aliphatic carboxylic acids is 1. The van der Waals surface area contributed by atoms with Crippen LogP contribution in [0.15, 0.2) is 0 Å². The van der Waals surface area contributed by atoms with Crippen LogP contribution in [0.2, 0.25) is 0 Å². The molecule has 3 heteroatoms. The van der Waals surface area contributed by atoms with E-state index in [0.717, 1.165) is 49.5 Å². The first kappa shape index (κ1) is 23.7. The van der Waals surface area contributed by atoms with E-state index in [2.05, 4.69) is 13.8 Å². The molecule has 0 aromatic rings. The van der Waals surface area contributed by atoms with E-state index in [9.17, 15) is 4.79 Å². The summed E-state index contributed by atoms with van der Waals surface area (Å²) in [4.78, 5) is 10.9. The Labute approximate surface area is 173 Å². The van der Waals surface area contributed by atoms with Crippen molar-refractivity contribution in [2.24, 2.45) is 40.4 Å². The molecule has 4 saturated carbocycles. The van der Waals surface area contributed by atoms with E-state index in [1.807, 2.05) is 0 Å². The molecule has 4 aliphatic carbocycles. The fourth-order valence-electron chi connectivity index (χ4n) is 8.38. The van der Waals surface area contributed by atoms with Gasteiger partial charge in [-0.15, -0.1) is 0 Å². The number of carbonyl (C=O) groups is 1. The molecule has 7 unspecified atom stereocenters. The lowest BCUT2D eigenvalue weighted by molar-refractivity contribution is -0.137. The molecule has 0 amide bonds. The van der Waals surface area contributed by atoms with Gasteiger partial charge in [0.2, 0.25) is 0 Å². The van der Waals surface area contributed by atoms with Crippen LogP contribution >= 0.6 is 0 Å². The second-order valence-electron chi connectivity index (χ2n) is 10.5. The molecule has 0 aromatic carbocycles. The van der Waals surface area contributed by atoms with Crippen LogP contribution in [0.5, 0.6) is 0 Å². The van der Waals surface area contributed by atoms with E-state index < -0.39 is 5.97 Å². The number of hydrogen-bond acceptors (Lipinski definition) is 2. The third-order valence-corrected chi connectivity index (χ3v) is 9.72. The highest BCUT2D eigenvalue weighted by molar-refractivity contribution is 5.66. The molecule has 0 aliphatic heterocycles. The average Bonchev–Trinajstić information content (AvgIpc) is 2.99. The molecule has 0 spiro atoms. The number of carboxylic acid groups (broad SMARTS) is 1. The van der Waals surface area contributed by atoms with Gasteiger partial charge in [0, 0.05) is 13.5 Å². The zero-order valence-corrected chi connectivity index (χ0v) is 17.9. The van der Waals surface area contributed by atoms with Gasteiger partial charge in [-0.05, 0) is 105 Å². The summed E-state index contributed by atoms with van der Waals surface area (Å²) in [6.07, 6.45) is 17.0. The van der Waals surface area contributed by atoms with Crippen LogP contribution in [0.3, 0.4) is 0 Å². The van der Waals surface area contributed by atoms with Crippen LogP contribution in [-0.2, 0) is 4.79 Å². The Hall–Kier alpha value is -0.570. The van der Waals surface area contributed by atoms with Crippen LogP contribution < -0.4 is 0 Å². The summed E-state index contributed by atoms with van der Waals surface area (Å²) >= 11 is 0. The van der Waals surface area contributed by atoms with E-state index in [4.69, 9.17) is 10.2 Å². The predicted molar refractivity (Wildman–Crippen MR) is 116 cm³/mol. The Morgan fingerprint density at radius 2 is 1.61 bits per heavy atom. The fourth-order valence-corrected chi connectivity index (χ4v) is 8.38. The molecule has 7 atom stereocenters. The van der Waals surface area contributed by atoms with E-state index in [0.29, 0.717) is 17.3 Å². The molecule has 4 rings (SSSR count). The molecule has 0 saturated heterocycles. The summed E-state index contributed by atoms with van der Waals surface area (Å²) in [5.41, 5.74) is 1.15. The predicted octanol–water partition coefficient (Wildman–Crippen LogP) is 6.53. The van der Waals surface area contributed by atoms with Crippen LogP contribution in [0.25, 0.3) is 0 Å². The smallest absolute Gasteiger partial charge is 0.303 e. The lowest BCUT2D eigenvalue weighted by Crippen LogP contribution is -2.52. The lowest BCUT2D eigenvalue weighted by Gasteiger charge is -2.60. The summed E-state index contributed by atoms with van der Waals surface area (Å²) in [7, 11) is 1.00. The monoisotopic (exact) mass is 394 g/mol. The summed E-state index contributed by atoms with van der Waals surface area (Å²) in [6, 6.07) is 0. The molecular formula is C25H46O3. The third-order valence-electron chi connectivity index (χ3n) is 9.72. The van der Waals surface area contributed by atoms with Crippen molar-refractivity contribution in [1.29, 1.82) is 0 Å². The van der Waals surface area contributed by atoms with Crippen LogP contribution in [0, 0.1) is 40.4 Å². The summed E-state index contributed by atoms with van der Waals surface area (Å²) < 4.78 is 0. The molecule has 0 heterocycles. The van der Waals surface area contributed by atoms with Gasteiger partial charge in [0.25, 0.3) is 0 Å². The largest absolute Gasteiger partial charge is 0.481 e. The molecule has 28 heavy (non-hydrogen) atoms. The van der Waals surface area contributed by atoms with Crippen molar-refractivity contribution < 1.29 is 15.0 Å². The molecule has 0 bridgehead atoms. The van der Waals surface area contributed by atoms with E-state index in [1.165, 1.54) is 64.2 Å². The number of rotatable bonds is 4. The summed E-state index contributed by atoms with van der Waals surface area (Å²) in [5.74, 6) is 4.08. The number of fused-ring (bicyclic) bond motifs is 5. The van der Waals surface area contributed by atoms with Crippen molar-refractivity contribution in [3.05, 3.63) is 0 Å². The van der Waals surface area contributed by atoms with Gasteiger partial charge in [-0.25, -0.2) is 0 Å². The standard InChI is InChI=1S/C23H38O2.CH4O.CH4/c1-22-14-4-3-6-16(22)9-11-18-19-12-10-17(7-5-8-21(24)25)23(19,2)15-13-20(18)22;1-2;/h16-20H,3-15H2,1-2H3,(H,24,25);2H,1H3;1H4. The first-order chi connectivity index (χ1) is 12.9. The zero-order chi connectivity index (χ0) is 19.7. The lowest BCUT2D eigenvalue weighted by atomic mass is 9.45. The minimum Gasteiger partial charge on any atom is -0.481 e. The Morgan fingerprint density at radius 1 is 0.893 bits per heavy atom. The van der Waals surface area contributed by atoms with Crippen molar-refractivity contribution in [1.82, 2.24) is 0 Å². The first-order valence-electron chi connectivity index (χ1n) is 11.6. The Morgan fingerprint density at radius 3 is 2.32 bits per heavy atom. The minimum absolute atomic E-state index is 0. The van der Waals surface area contributed by atoms with Gasteiger partial charge >= 0.3 is 5.97 Å². The van der Waals surface area contributed by atoms with E-state index >= 15 is 0 Å². The van der Waals surface area contributed by atoms with Crippen molar-refractivity contribution in [3.8, 4) is 0 Å². The van der Waals surface area contributed by atoms with Crippen LogP contribution in [-0.4, -0.2) is 23.3 Å². The molecule has 4 aliphatic rings. The van der Waals surface area contributed by atoms with Gasteiger partial charge in [0.1, 0.15) is 0 Å². The second-order valence-corrected chi connectivity index (χ2v) is 10.5. The van der Waals surface area contributed by atoms with Gasteiger partial charge in [-0.2, -0.15) is 0 Å². The van der Waals surface area contributed by atoms with Gasteiger partial charge in [-0.3, -0.25) is 4.79 Å². The van der Waals surface area contributed by atoms with Gasteiger partial charge in [0.05, 0.1) is 0 Å². The zero-order valence-electron chi connectivity index (χ0n) is 17.9. The maximum absolute atomic E-state index is 10.9. The fraction of sp³-hybridized carbons (Fsp3) is 0.960.